The van der Waals surface area contributed by atoms with E-state index < -0.39 is 34.4 Å². The summed E-state index contributed by atoms with van der Waals surface area (Å²) < 4.78 is 11.5. The second-order valence-electron chi connectivity index (χ2n) is 8.35. The normalized spacial score (nSPS) is 25.9. The number of carboxylic acids is 1. The molecule has 1 aliphatic rings. The van der Waals surface area contributed by atoms with E-state index in [4.69, 9.17) is 9.47 Å². The van der Waals surface area contributed by atoms with Gasteiger partial charge in [0.1, 0.15) is 5.60 Å². The molecule has 0 saturated carbocycles. The summed E-state index contributed by atoms with van der Waals surface area (Å²) in [5.74, 6) is -1.06. The zero-order valence-corrected chi connectivity index (χ0v) is 15.6. The molecular weight excluding hydrogens is 298 g/mol. The van der Waals surface area contributed by atoms with Crippen LogP contribution in [0.3, 0.4) is 0 Å². The molecule has 1 amide bonds. The predicted octanol–water partition coefficient (Wildman–Crippen LogP) is 3.43. The summed E-state index contributed by atoms with van der Waals surface area (Å²) in [5.41, 5.74) is -3.83. The van der Waals surface area contributed by atoms with Crippen LogP contribution in [-0.2, 0) is 14.3 Å². The first-order valence-corrected chi connectivity index (χ1v) is 8.13. The van der Waals surface area contributed by atoms with Crippen LogP contribution in [0.15, 0.2) is 0 Å². The van der Waals surface area contributed by atoms with E-state index in [0.717, 1.165) is 0 Å². The van der Waals surface area contributed by atoms with E-state index in [1.54, 1.807) is 34.6 Å². The fraction of sp³-hybridized carbons (Fsp3) is 0.882. The van der Waals surface area contributed by atoms with Crippen molar-refractivity contribution in [3.8, 4) is 0 Å². The Bertz CT molecular complexity index is 478. The Morgan fingerprint density at radius 1 is 1.22 bits per heavy atom. The zero-order valence-electron chi connectivity index (χ0n) is 15.6. The van der Waals surface area contributed by atoms with Gasteiger partial charge in [0.05, 0.1) is 11.2 Å². The predicted molar refractivity (Wildman–Crippen MR) is 87.5 cm³/mol. The number of aliphatic carboxylic acids is 1. The lowest BCUT2D eigenvalue weighted by Crippen LogP contribution is -2.66. The van der Waals surface area contributed by atoms with Gasteiger partial charge in [0, 0.05) is 13.0 Å². The molecule has 1 heterocycles. The first-order chi connectivity index (χ1) is 10.2. The first kappa shape index (κ1) is 19.7. The summed E-state index contributed by atoms with van der Waals surface area (Å²) >= 11 is 0. The topological polar surface area (TPSA) is 76.1 Å². The molecule has 0 aromatic heterocycles. The molecule has 0 aliphatic carbocycles. The third-order valence-electron chi connectivity index (χ3n) is 4.08. The summed E-state index contributed by atoms with van der Waals surface area (Å²) in [7, 11) is 0. The van der Waals surface area contributed by atoms with Crippen molar-refractivity contribution >= 4 is 12.1 Å². The number of hydrogen-bond acceptors (Lipinski definition) is 4. The van der Waals surface area contributed by atoms with Gasteiger partial charge in [-0.15, -0.1) is 0 Å². The average Bonchev–Trinajstić information content (AvgIpc) is 2.48. The lowest BCUT2D eigenvalue weighted by molar-refractivity contribution is -0.164. The highest BCUT2D eigenvalue weighted by Gasteiger charge is 2.66. The average molecular weight is 329 g/mol. The SMILES string of the molecule is CCCN(C(=O)OC(C)(C)C)C1(C(=O)O)CC(C)(C)OC1(C)C. The maximum Gasteiger partial charge on any atom is 0.411 e. The van der Waals surface area contributed by atoms with E-state index in [9.17, 15) is 14.7 Å². The molecule has 0 aromatic rings. The number of carbonyl (C=O) groups excluding carboxylic acids is 1. The molecule has 0 aromatic carbocycles. The molecular formula is C17H31NO5. The Hall–Kier alpha value is -1.30. The van der Waals surface area contributed by atoms with Crippen molar-refractivity contribution in [1.29, 1.82) is 0 Å². The molecule has 6 nitrogen and oxygen atoms in total. The van der Waals surface area contributed by atoms with E-state index in [1.165, 1.54) is 4.90 Å². The molecule has 1 atom stereocenters. The molecule has 1 saturated heterocycles. The minimum Gasteiger partial charge on any atom is -0.479 e. The van der Waals surface area contributed by atoms with Gasteiger partial charge in [-0.25, -0.2) is 9.59 Å². The van der Waals surface area contributed by atoms with Crippen LogP contribution in [0.25, 0.3) is 0 Å². The fourth-order valence-corrected chi connectivity index (χ4v) is 3.49. The van der Waals surface area contributed by atoms with Crippen LogP contribution in [-0.4, -0.2) is 51.0 Å². The van der Waals surface area contributed by atoms with E-state index in [2.05, 4.69) is 0 Å². The van der Waals surface area contributed by atoms with Crippen molar-refractivity contribution in [1.82, 2.24) is 4.90 Å². The molecule has 1 fully saturated rings. The fourth-order valence-electron chi connectivity index (χ4n) is 3.49. The second-order valence-corrected chi connectivity index (χ2v) is 8.35. The standard InChI is InChI=1S/C17H31NO5/c1-9-10-18(13(21)22-14(2,3)4)17(12(19)20)11-15(5,6)23-16(17,7)8/h9-11H2,1-8H3,(H,19,20). The number of nitrogens with zero attached hydrogens (tertiary/aromatic N) is 1. The Balaban J connectivity index is 3.39. The van der Waals surface area contributed by atoms with Gasteiger partial charge >= 0.3 is 12.1 Å². The smallest absolute Gasteiger partial charge is 0.411 e. The summed E-state index contributed by atoms with van der Waals surface area (Å²) in [6.45, 7) is 14.6. The van der Waals surface area contributed by atoms with E-state index in [-0.39, 0.29) is 6.42 Å². The molecule has 1 unspecified atom stereocenters. The molecule has 23 heavy (non-hydrogen) atoms. The Morgan fingerprint density at radius 3 is 2.04 bits per heavy atom. The van der Waals surface area contributed by atoms with Crippen LogP contribution in [0.2, 0.25) is 0 Å². The van der Waals surface area contributed by atoms with Gasteiger partial charge < -0.3 is 14.6 Å². The second kappa shape index (κ2) is 5.96. The van der Waals surface area contributed by atoms with Crippen LogP contribution < -0.4 is 0 Å². The van der Waals surface area contributed by atoms with Gasteiger partial charge in [-0.05, 0) is 54.9 Å². The van der Waals surface area contributed by atoms with Crippen molar-refractivity contribution in [2.45, 2.75) is 90.6 Å². The van der Waals surface area contributed by atoms with Crippen molar-refractivity contribution in [3.63, 3.8) is 0 Å². The van der Waals surface area contributed by atoms with Crippen molar-refractivity contribution in [2.24, 2.45) is 0 Å². The minimum atomic E-state index is -1.46. The maximum absolute atomic E-state index is 12.7. The number of carbonyl (C=O) groups is 2. The number of hydrogen-bond donors (Lipinski definition) is 1. The molecule has 1 aliphatic heterocycles. The highest BCUT2D eigenvalue weighted by atomic mass is 16.6. The summed E-state index contributed by atoms with van der Waals surface area (Å²) in [6.07, 6.45) is 0.225. The van der Waals surface area contributed by atoms with Gasteiger partial charge in [0.15, 0.2) is 5.54 Å². The zero-order chi connectivity index (χ0) is 18.3. The molecule has 0 radical (unpaired) electrons. The highest BCUT2D eigenvalue weighted by Crippen LogP contribution is 2.49. The monoisotopic (exact) mass is 329 g/mol. The number of amides is 1. The minimum absolute atomic E-state index is 0.210. The van der Waals surface area contributed by atoms with E-state index in [0.29, 0.717) is 13.0 Å². The van der Waals surface area contributed by atoms with Crippen molar-refractivity contribution in [2.75, 3.05) is 6.54 Å². The Kier molecular flexibility index (Phi) is 5.12. The van der Waals surface area contributed by atoms with E-state index in [1.807, 2.05) is 20.8 Å². The third-order valence-corrected chi connectivity index (χ3v) is 4.08. The van der Waals surface area contributed by atoms with Gasteiger partial charge in [0.2, 0.25) is 0 Å². The Morgan fingerprint density at radius 2 is 1.74 bits per heavy atom. The van der Waals surface area contributed by atoms with Crippen LogP contribution in [0.4, 0.5) is 4.79 Å². The summed E-state index contributed by atoms with van der Waals surface area (Å²) in [6, 6.07) is 0. The number of ether oxygens (including phenoxy) is 2. The van der Waals surface area contributed by atoms with Crippen LogP contribution in [0.5, 0.6) is 0 Å². The van der Waals surface area contributed by atoms with Gasteiger partial charge in [0.25, 0.3) is 0 Å². The van der Waals surface area contributed by atoms with E-state index >= 15 is 0 Å². The first-order valence-electron chi connectivity index (χ1n) is 8.13. The molecule has 1 N–H and O–H groups in total. The van der Waals surface area contributed by atoms with Gasteiger partial charge in [-0.2, -0.15) is 0 Å². The summed E-state index contributed by atoms with van der Waals surface area (Å²) in [5, 5.41) is 10.0. The van der Waals surface area contributed by atoms with Crippen molar-refractivity contribution in [3.05, 3.63) is 0 Å². The molecule has 0 spiro atoms. The molecule has 0 bridgehead atoms. The molecule has 1 rings (SSSR count). The largest absolute Gasteiger partial charge is 0.479 e. The quantitative estimate of drug-likeness (QED) is 0.855. The number of carboxylic acid groups (broad SMARTS) is 1. The van der Waals surface area contributed by atoms with Crippen molar-refractivity contribution < 1.29 is 24.2 Å². The van der Waals surface area contributed by atoms with Crippen LogP contribution >= 0.6 is 0 Å². The summed E-state index contributed by atoms with van der Waals surface area (Å²) in [4.78, 5) is 26.4. The lowest BCUT2D eigenvalue weighted by Gasteiger charge is -2.44. The van der Waals surface area contributed by atoms with Gasteiger partial charge in [-0.3, -0.25) is 4.90 Å². The van der Waals surface area contributed by atoms with Crippen LogP contribution in [0.1, 0.15) is 68.2 Å². The highest BCUT2D eigenvalue weighted by molar-refractivity contribution is 5.86. The third kappa shape index (κ3) is 3.79. The molecule has 6 heteroatoms. The Labute approximate surface area is 139 Å². The van der Waals surface area contributed by atoms with Gasteiger partial charge in [-0.1, -0.05) is 6.92 Å². The number of rotatable bonds is 4. The lowest BCUT2D eigenvalue weighted by atomic mass is 9.77. The maximum atomic E-state index is 12.7. The molecule has 134 valence electrons. The van der Waals surface area contributed by atoms with Crippen LogP contribution in [0, 0.1) is 0 Å².